The molecule has 64 valence electrons. The van der Waals surface area contributed by atoms with Gasteiger partial charge in [-0.1, -0.05) is 0 Å². The molecule has 3 N–H and O–H groups in total. The first-order chi connectivity index (χ1) is 3.73. The Kier molecular flexibility index (Phi) is 11.0. The van der Waals surface area contributed by atoms with E-state index in [4.69, 9.17) is 28.0 Å². The molecule has 0 spiro atoms. The molecule has 0 aliphatic heterocycles. The number of nitrogens with two attached hydrogens (primary N) is 1. The van der Waals surface area contributed by atoms with Crippen molar-refractivity contribution in [3.63, 3.8) is 0 Å². The second-order valence-electron chi connectivity index (χ2n) is 0.765. The number of hydrogen-bond acceptors (Lipinski definition) is 5. The van der Waals surface area contributed by atoms with Crippen LogP contribution in [0, 0.1) is 0 Å². The summed E-state index contributed by atoms with van der Waals surface area (Å²) in [6, 6.07) is 0. The summed E-state index contributed by atoms with van der Waals surface area (Å²) >= 11 is 0. The van der Waals surface area contributed by atoms with Gasteiger partial charge in [-0.05, 0) is 6.16 Å². The van der Waals surface area contributed by atoms with Crippen LogP contribution in [0.25, 0.3) is 0 Å². The number of rotatable bonds is 0. The van der Waals surface area contributed by atoms with Crippen molar-refractivity contribution in [1.29, 1.82) is 0 Å². The Labute approximate surface area is 66.6 Å². The van der Waals surface area contributed by atoms with Crippen LogP contribution in [-0.2, 0) is 26.8 Å². The summed E-state index contributed by atoms with van der Waals surface area (Å²) in [5.41, 5.74) is 0. The summed E-state index contributed by atoms with van der Waals surface area (Å²) in [5.74, 6) is 0. The smallest absolute Gasteiger partial charge is 0.652 e. The molecule has 0 rings (SSSR count). The van der Waals surface area contributed by atoms with Crippen LogP contribution in [0.5, 0.6) is 0 Å². The van der Waals surface area contributed by atoms with E-state index in [9.17, 15) is 0 Å². The molecule has 0 aliphatic rings. The average Bonchev–Trinajstić information content (AvgIpc) is 1.19. The van der Waals surface area contributed by atoms with Gasteiger partial charge in [0, 0.05) is 0 Å². The minimum absolute atomic E-state index is 0. The molecule has 0 heterocycles. The Morgan fingerprint density at radius 1 is 1.40 bits per heavy atom. The zero-order valence-electron chi connectivity index (χ0n) is 4.29. The topological polar surface area (TPSA) is 144 Å². The van der Waals surface area contributed by atoms with E-state index in [0.717, 1.165) is 0 Å². The van der Waals surface area contributed by atoms with E-state index < -0.39 is 16.5 Å². The molecule has 9 heteroatoms. The van der Waals surface area contributed by atoms with Crippen molar-refractivity contribution in [3.8, 4) is 0 Å². The standard InChI is InChI=1S/CH2O3.H3NO3S.Ni/c2-1(3)4;1-5(2,3)4;/h(H2,2,3,4);(H3,1,2,3,4);/q;;+2/p-2. The molecule has 0 aliphatic carbocycles. The Morgan fingerprint density at radius 3 is 1.40 bits per heavy atom. The maximum absolute atomic E-state index is 8.97. The van der Waals surface area contributed by atoms with E-state index in [-0.39, 0.29) is 16.5 Å². The third-order valence-corrected chi connectivity index (χ3v) is 0. The zero-order chi connectivity index (χ0) is 8.08. The summed E-state index contributed by atoms with van der Waals surface area (Å²) in [6.45, 7) is 0. The van der Waals surface area contributed by atoms with Gasteiger partial charge in [0.15, 0.2) is 0 Å². The number of carboxylic acid groups (broad SMARTS) is 2. The molecule has 0 saturated heterocycles. The Hall–Kier alpha value is -0.366. The normalized spacial score (nSPS) is 8.20. The fourth-order valence-corrected chi connectivity index (χ4v) is 0. The van der Waals surface area contributed by atoms with Crippen molar-refractivity contribution in [3.05, 3.63) is 0 Å². The fraction of sp³-hybridized carbons (Fsp3) is 0. The first-order valence-electron chi connectivity index (χ1n) is 1.36. The summed E-state index contributed by atoms with van der Waals surface area (Å²) in [5, 5.41) is 20.5. The molecule has 0 bridgehead atoms. The van der Waals surface area contributed by atoms with Crippen molar-refractivity contribution in [2.75, 3.05) is 0 Å². The molecule has 0 radical (unpaired) electrons. The van der Waals surface area contributed by atoms with Gasteiger partial charge in [-0.25, -0.2) is 5.14 Å². The molecule has 0 unspecified atom stereocenters. The molecule has 10 heavy (non-hydrogen) atoms. The van der Waals surface area contributed by atoms with Gasteiger partial charge in [0.25, 0.3) is 0 Å². The summed E-state index contributed by atoms with van der Waals surface area (Å²) in [7, 11) is -4.17. The molecule has 0 aromatic carbocycles. The average molecular weight is 216 g/mol. The summed E-state index contributed by atoms with van der Waals surface area (Å²) < 4.78 is 25.2. The van der Waals surface area contributed by atoms with Crippen LogP contribution in [0.15, 0.2) is 0 Å². The van der Waals surface area contributed by atoms with Crippen LogP contribution in [0.3, 0.4) is 0 Å². The van der Waals surface area contributed by atoms with Gasteiger partial charge in [0.1, 0.15) is 0 Å². The fourth-order valence-electron chi connectivity index (χ4n) is 0. The minimum Gasteiger partial charge on any atom is -0.652 e. The first-order valence-corrected chi connectivity index (χ1v) is 2.87. The molecular weight excluding hydrogens is 213 g/mol. The molecule has 0 aromatic rings. The van der Waals surface area contributed by atoms with Crippen LogP contribution in [0.1, 0.15) is 0 Å². The van der Waals surface area contributed by atoms with E-state index in [0.29, 0.717) is 0 Å². The van der Waals surface area contributed by atoms with Gasteiger partial charge in [-0.3, -0.25) is 4.55 Å². The third-order valence-electron chi connectivity index (χ3n) is 0. The largest absolute Gasteiger partial charge is 2.00 e. The Bertz CT molecular complexity index is 160. The van der Waals surface area contributed by atoms with Gasteiger partial charge in [0.05, 0.1) is 0 Å². The number of hydrogen-bond donors (Lipinski definition) is 2. The van der Waals surface area contributed by atoms with E-state index in [1.165, 1.54) is 0 Å². The second-order valence-corrected chi connectivity index (χ2v) is 1.79. The number of carbonyl (C=O) groups is 1. The third kappa shape index (κ3) is 2500. The van der Waals surface area contributed by atoms with Crippen LogP contribution in [0.4, 0.5) is 4.79 Å². The van der Waals surface area contributed by atoms with Gasteiger partial charge in [-0.15, -0.1) is 0 Å². The second kappa shape index (κ2) is 6.75. The Morgan fingerprint density at radius 2 is 1.40 bits per heavy atom. The predicted octanol–water partition coefficient (Wildman–Crippen LogP) is -3.70. The minimum atomic E-state index is -4.17. The molecule has 0 amide bonds. The van der Waals surface area contributed by atoms with Crippen molar-refractivity contribution in [2.45, 2.75) is 0 Å². The molecule has 0 fully saturated rings. The van der Waals surface area contributed by atoms with Gasteiger partial charge in [-0.2, -0.15) is 8.42 Å². The van der Waals surface area contributed by atoms with Gasteiger partial charge in [0.2, 0.25) is 0 Å². The van der Waals surface area contributed by atoms with Crippen molar-refractivity contribution >= 4 is 16.5 Å². The van der Waals surface area contributed by atoms with E-state index >= 15 is 0 Å². The molecular formula is CH3NNiO6S. The number of carbonyl (C=O) groups excluding carboxylic acids is 1. The van der Waals surface area contributed by atoms with Crippen LogP contribution >= 0.6 is 0 Å². The van der Waals surface area contributed by atoms with Gasteiger partial charge < -0.3 is 15.0 Å². The van der Waals surface area contributed by atoms with E-state index in [1.54, 1.807) is 0 Å². The molecule has 0 atom stereocenters. The van der Waals surface area contributed by atoms with Crippen molar-refractivity contribution in [1.82, 2.24) is 0 Å². The first kappa shape index (κ1) is 16.3. The summed E-state index contributed by atoms with van der Waals surface area (Å²) in [4.78, 5) is 8.33. The van der Waals surface area contributed by atoms with E-state index in [1.807, 2.05) is 0 Å². The van der Waals surface area contributed by atoms with Crippen LogP contribution < -0.4 is 15.4 Å². The zero-order valence-corrected chi connectivity index (χ0v) is 6.09. The predicted molar refractivity (Wildman–Crippen MR) is 21.1 cm³/mol. The Balaban J connectivity index is -0.0000000910. The maximum Gasteiger partial charge on any atom is 2.00 e. The molecule has 0 aromatic heterocycles. The maximum atomic E-state index is 8.97. The van der Waals surface area contributed by atoms with E-state index in [2.05, 4.69) is 5.14 Å². The van der Waals surface area contributed by atoms with Crippen LogP contribution in [0.2, 0.25) is 0 Å². The summed E-state index contributed by atoms with van der Waals surface area (Å²) in [6.07, 6.45) is -2.33. The quantitative estimate of drug-likeness (QED) is 0.314. The SMILES string of the molecule is NS(=O)(=O)O.O=C([O-])[O-].[Ni+2]. The monoisotopic (exact) mass is 215 g/mol. The molecule has 0 saturated carbocycles. The van der Waals surface area contributed by atoms with Gasteiger partial charge >= 0.3 is 26.8 Å². The van der Waals surface area contributed by atoms with Crippen molar-refractivity contribution in [2.24, 2.45) is 5.14 Å². The molecule has 7 nitrogen and oxygen atoms in total. The van der Waals surface area contributed by atoms with Crippen molar-refractivity contribution < 1.29 is 44.5 Å². The van der Waals surface area contributed by atoms with Crippen LogP contribution in [-0.4, -0.2) is 19.1 Å².